The molecule has 136 valence electrons. The number of nitrogens with one attached hydrogen (secondary N) is 2. The van der Waals surface area contributed by atoms with Gasteiger partial charge in [0.1, 0.15) is 0 Å². The number of hydrogen-bond acceptors (Lipinski definition) is 4. The fourth-order valence-electron chi connectivity index (χ4n) is 2.87. The van der Waals surface area contributed by atoms with Gasteiger partial charge in [0.05, 0.1) is 0 Å². The Balaban J connectivity index is 2.07. The summed E-state index contributed by atoms with van der Waals surface area (Å²) in [6.07, 6.45) is 6.57. The Kier molecular flexibility index (Phi) is 11.9. The molecular formula is C17H37N5O. The van der Waals surface area contributed by atoms with Crippen LogP contribution >= 0.6 is 0 Å². The molecule has 0 unspecified atom stereocenters. The minimum atomic E-state index is 0.831. The van der Waals surface area contributed by atoms with E-state index in [2.05, 4.69) is 32.5 Å². The molecule has 0 aliphatic carbocycles. The summed E-state index contributed by atoms with van der Waals surface area (Å²) in [5.41, 5.74) is 0. The van der Waals surface area contributed by atoms with Gasteiger partial charge in [-0.3, -0.25) is 4.99 Å². The summed E-state index contributed by atoms with van der Waals surface area (Å²) in [4.78, 5) is 9.18. The predicted molar refractivity (Wildman–Crippen MR) is 98.3 cm³/mol. The number of rotatable bonds is 10. The zero-order valence-electron chi connectivity index (χ0n) is 15.4. The van der Waals surface area contributed by atoms with Gasteiger partial charge in [0.25, 0.3) is 0 Å². The third kappa shape index (κ3) is 10.5. The monoisotopic (exact) mass is 327 g/mol. The van der Waals surface area contributed by atoms with Crippen molar-refractivity contribution in [2.24, 2.45) is 4.99 Å². The van der Waals surface area contributed by atoms with Crippen molar-refractivity contribution in [3.63, 3.8) is 0 Å². The molecule has 0 aromatic heterocycles. The van der Waals surface area contributed by atoms with Gasteiger partial charge in [0.15, 0.2) is 5.96 Å². The number of hydrogen-bond donors (Lipinski definition) is 2. The molecule has 0 aromatic rings. The van der Waals surface area contributed by atoms with Crippen molar-refractivity contribution in [1.82, 2.24) is 20.4 Å². The molecule has 0 bridgehead atoms. The zero-order chi connectivity index (χ0) is 16.8. The molecule has 1 saturated heterocycles. The molecule has 0 amide bonds. The summed E-state index contributed by atoms with van der Waals surface area (Å²) >= 11 is 0. The average molecular weight is 328 g/mol. The maximum Gasteiger partial charge on any atom is 0.191 e. The summed E-state index contributed by atoms with van der Waals surface area (Å²) in [6.45, 7) is 8.39. The van der Waals surface area contributed by atoms with Crippen LogP contribution in [-0.2, 0) is 4.74 Å². The van der Waals surface area contributed by atoms with Crippen molar-refractivity contribution in [2.75, 3.05) is 73.6 Å². The fraction of sp³-hybridized carbons (Fsp3) is 0.941. The van der Waals surface area contributed by atoms with Crippen molar-refractivity contribution in [3.05, 3.63) is 0 Å². The van der Waals surface area contributed by atoms with Gasteiger partial charge in [-0.05, 0) is 39.4 Å². The summed E-state index contributed by atoms with van der Waals surface area (Å²) in [5.74, 6) is 0.908. The Bertz CT molecular complexity index is 303. The predicted octanol–water partition coefficient (Wildman–Crippen LogP) is 0.996. The molecule has 1 aliphatic heterocycles. The van der Waals surface area contributed by atoms with Crippen molar-refractivity contribution in [3.8, 4) is 0 Å². The van der Waals surface area contributed by atoms with E-state index < -0.39 is 0 Å². The number of likely N-dealkylation sites (N-methyl/N-ethyl adjacent to an activating group) is 1. The lowest BCUT2D eigenvalue weighted by Crippen LogP contribution is -2.44. The first kappa shape index (κ1) is 20.2. The van der Waals surface area contributed by atoms with Crippen LogP contribution in [0.2, 0.25) is 0 Å². The van der Waals surface area contributed by atoms with Crippen LogP contribution in [0.5, 0.6) is 0 Å². The Morgan fingerprint density at radius 1 is 1.09 bits per heavy atom. The smallest absolute Gasteiger partial charge is 0.191 e. The Morgan fingerprint density at radius 2 is 1.78 bits per heavy atom. The third-order valence-corrected chi connectivity index (χ3v) is 4.32. The van der Waals surface area contributed by atoms with Gasteiger partial charge >= 0.3 is 0 Å². The van der Waals surface area contributed by atoms with E-state index in [-0.39, 0.29) is 0 Å². The SMILES string of the molecule is CN=C(NCCN(C)CCCOC)NCCN1CCCCCC1. The molecule has 6 heteroatoms. The van der Waals surface area contributed by atoms with Crippen LogP contribution in [0, 0.1) is 0 Å². The second-order valence-corrected chi connectivity index (χ2v) is 6.33. The van der Waals surface area contributed by atoms with E-state index in [1.165, 1.54) is 38.8 Å². The zero-order valence-corrected chi connectivity index (χ0v) is 15.4. The molecule has 0 radical (unpaired) electrons. The second-order valence-electron chi connectivity index (χ2n) is 6.33. The lowest BCUT2D eigenvalue weighted by Gasteiger charge is -2.21. The summed E-state index contributed by atoms with van der Waals surface area (Å²) < 4.78 is 5.08. The number of nitrogens with zero attached hydrogens (tertiary/aromatic N) is 3. The van der Waals surface area contributed by atoms with Crippen LogP contribution in [0.25, 0.3) is 0 Å². The Morgan fingerprint density at radius 3 is 2.43 bits per heavy atom. The van der Waals surface area contributed by atoms with Gasteiger partial charge in [-0.1, -0.05) is 12.8 Å². The molecule has 0 atom stereocenters. The molecule has 2 N–H and O–H groups in total. The highest BCUT2D eigenvalue weighted by Crippen LogP contribution is 2.08. The maximum atomic E-state index is 5.08. The Hall–Kier alpha value is -0.850. The maximum absolute atomic E-state index is 5.08. The molecule has 23 heavy (non-hydrogen) atoms. The molecule has 1 rings (SSSR count). The highest BCUT2D eigenvalue weighted by molar-refractivity contribution is 5.79. The molecular weight excluding hydrogens is 290 g/mol. The van der Waals surface area contributed by atoms with Gasteiger partial charge in [0, 0.05) is 53.5 Å². The van der Waals surface area contributed by atoms with Gasteiger partial charge in [0.2, 0.25) is 0 Å². The first-order valence-electron chi connectivity index (χ1n) is 9.10. The van der Waals surface area contributed by atoms with Crippen LogP contribution in [0.1, 0.15) is 32.1 Å². The summed E-state index contributed by atoms with van der Waals surface area (Å²) in [5, 5.41) is 6.81. The van der Waals surface area contributed by atoms with Crippen molar-refractivity contribution < 1.29 is 4.74 Å². The van der Waals surface area contributed by atoms with Crippen LogP contribution in [0.15, 0.2) is 4.99 Å². The van der Waals surface area contributed by atoms with Crippen molar-refractivity contribution >= 4 is 5.96 Å². The summed E-state index contributed by atoms with van der Waals surface area (Å²) in [6, 6.07) is 0. The number of ether oxygens (including phenoxy) is 1. The lowest BCUT2D eigenvalue weighted by atomic mass is 10.2. The molecule has 6 nitrogen and oxygen atoms in total. The topological polar surface area (TPSA) is 52.1 Å². The molecule has 0 saturated carbocycles. The van der Waals surface area contributed by atoms with Crippen LogP contribution in [-0.4, -0.2) is 89.4 Å². The average Bonchev–Trinajstić information content (AvgIpc) is 2.82. The fourth-order valence-corrected chi connectivity index (χ4v) is 2.87. The van der Waals surface area contributed by atoms with E-state index >= 15 is 0 Å². The van der Waals surface area contributed by atoms with E-state index in [1.807, 2.05) is 7.05 Å². The largest absolute Gasteiger partial charge is 0.385 e. The lowest BCUT2D eigenvalue weighted by molar-refractivity contribution is 0.180. The van der Waals surface area contributed by atoms with E-state index in [4.69, 9.17) is 4.74 Å². The van der Waals surface area contributed by atoms with Gasteiger partial charge in [-0.15, -0.1) is 0 Å². The molecule has 1 fully saturated rings. The minimum absolute atomic E-state index is 0.831. The normalized spacial score (nSPS) is 17.3. The van der Waals surface area contributed by atoms with Crippen LogP contribution < -0.4 is 10.6 Å². The number of likely N-dealkylation sites (tertiary alicyclic amines) is 1. The van der Waals surface area contributed by atoms with E-state index in [1.54, 1.807) is 7.11 Å². The molecule has 1 heterocycles. The van der Waals surface area contributed by atoms with E-state index in [9.17, 15) is 0 Å². The standard InChI is InChI=1S/C17H37N5O/c1-18-17(19-9-14-21(2)11-8-16-23-3)20-10-15-22-12-6-4-5-7-13-22/h4-16H2,1-3H3,(H2,18,19,20). The highest BCUT2D eigenvalue weighted by Gasteiger charge is 2.08. The molecule has 0 aromatic carbocycles. The van der Waals surface area contributed by atoms with Crippen molar-refractivity contribution in [2.45, 2.75) is 32.1 Å². The van der Waals surface area contributed by atoms with E-state index in [0.717, 1.165) is 51.7 Å². The summed E-state index contributed by atoms with van der Waals surface area (Å²) in [7, 11) is 5.74. The van der Waals surface area contributed by atoms with E-state index in [0.29, 0.717) is 0 Å². The minimum Gasteiger partial charge on any atom is -0.385 e. The number of guanidine groups is 1. The van der Waals surface area contributed by atoms with Gasteiger partial charge in [-0.2, -0.15) is 0 Å². The third-order valence-electron chi connectivity index (χ3n) is 4.32. The second kappa shape index (κ2) is 13.6. The quantitative estimate of drug-likeness (QED) is 0.356. The highest BCUT2D eigenvalue weighted by atomic mass is 16.5. The van der Waals surface area contributed by atoms with Gasteiger partial charge in [-0.25, -0.2) is 0 Å². The van der Waals surface area contributed by atoms with Crippen LogP contribution in [0.3, 0.4) is 0 Å². The number of methoxy groups -OCH3 is 1. The first-order chi connectivity index (χ1) is 11.3. The molecule has 1 aliphatic rings. The van der Waals surface area contributed by atoms with Crippen LogP contribution in [0.4, 0.5) is 0 Å². The number of aliphatic imine (C=N–C) groups is 1. The first-order valence-corrected chi connectivity index (χ1v) is 9.10. The molecule has 0 spiro atoms. The van der Waals surface area contributed by atoms with Gasteiger partial charge < -0.3 is 25.2 Å². The van der Waals surface area contributed by atoms with Crippen molar-refractivity contribution in [1.29, 1.82) is 0 Å². The Labute approximate surface area is 142 Å².